The van der Waals surface area contributed by atoms with Crippen LogP contribution in [0.4, 0.5) is 0 Å². The SMILES string of the molecule is CC1(C)[C@H]2CC[C@]1(C)c1nn(CCn3cccn3)cc12. The first-order valence-corrected chi connectivity index (χ1v) is 7.58. The molecular weight excluding hydrogens is 248 g/mol. The highest BCUT2D eigenvalue weighted by atomic mass is 15.3. The number of nitrogens with zero attached hydrogens (tertiary/aromatic N) is 4. The van der Waals surface area contributed by atoms with Gasteiger partial charge in [0.15, 0.2) is 0 Å². The molecule has 0 spiro atoms. The van der Waals surface area contributed by atoms with Crippen molar-refractivity contribution in [3.63, 3.8) is 0 Å². The van der Waals surface area contributed by atoms with Crippen molar-refractivity contribution in [2.75, 3.05) is 0 Å². The summed E-state index contributed by atoms with van der Waals surface area (Å²) in [7, 11) is 0. The van der Waals surface area contributed by atoms with Crippen molar-refractivity contribution < 1.29 is 0 Å². The van der Waals surface area contributed by atoms with Gasteiger partial charge in [0, 0.05) is 24.0 Å². The first-order chi connectivity index (χ1) is 9.52. The fourth-order valence-electron chi connectivity index (χ4n) is 4.34. The van der Waals surface area contributed by atoms with Crippen molar-refractivity contribution in [3.8, 4) is 0 Å². The van der Waals surface area contributed by atoms with Gasteiger partial charge in [0.2, 0.25) is 0 Å². The molecule has 106 valence electrons. The summed E-state index contributed by atoms with van der Waals surface area (Å²) < 4.78 is 4.09. The van der Waals surface area contributed by atoms with Crippen molar-refractivity contribution in [1.82, 2.24) is 19.6 Å². The van der Waals surface area contributed by atoms with Crippen LogP contribution in [0.2, 0.25) is 0 Å². The van der Waals surface area contributed by atoms with E-state index < -0.39 is 0 Å². The second-order valence-electron chi connectivity index (χ2n) is 7.11. The van der Waals surface area contributed by atoms with Crippen LogP contribution in [0, 0.1) is 5.41 Å². The molecule has 4 rings (SSSR count). The number of rotatable bonds is 3. The average Bonchev–Trinajstić information content (AvgIpc) is 3.11. The molecule has 20 heavy (non-hydrogen) atoms. The topological polar surface area (TPSA) is 35.6 Å². The van der Waals surface area contributed by atoms with Gasteiger partial charge in [-0.2, -0.15) is 10.2 Å². The summed E-state index contributed by atoms with van der Waals surface area (Å²) in [6.45, 7) is 9.03. The van der Waals surface area contributed by atoms with Crippen LogP contribution in [-0.4, -0.2) is 19.6 Å². The van der Waals surface area contributed by atoms with Gasteiger partial charge in [-0.25, -0.2) is 0 Å². The predicted octanol–water partition coefficient (Wildman–Crippen LogP) is 2.95. The molecule has 2 aromatic rings. The van der Waals surface area contributed by atoms with Crippen LogP contribution in [-0.2, 0) is 18.5 Å². The first-order valence-electron chi connectivity index (χ1n) is 7.58. The Labute approximate surface area is 119 Å². The fourth-order valence-corrected chi connectivity index (χ4v) is 4.34. The third-order valence-electron chi connectivity index (χ3n) is 6.03. The molecule has 2 heterocycles. The molecule has 2 aliphatic rings. The molecule has 0 aromatic carbocycles. The molecule has 0 aliphatic heterocycles. The van der Waals surface area contributed by atoms with E-state index in [9.17, 15) is 0 Å². The molecule has 0 unspecified atom stereocenters. The van der Waals surface area contributed by atoms with Gasteiger partial charge in [0.25, 0.3) is 0 Å². The van der Waals surface area contributed by atoms with Gasteiger partial charge in [0.05, 0.1) is 18.8 Å². The Hall–Kier alpha value is -1.58. The van der Waals surface area contributed by atoms with Gasteiger partial charge < -0.3 is 0 Å². The molecular formula is C16H22N4. The molecule has 2 aliphatic carbocycles. The van der Waals surface area contributed by atoms with Gasteiger partial charge in [-0.15, -0.1) is 0 Å². The van der Waals surface area contributed by atoms with E-state index in [0.29, 0.717) is 11.3 Å². The molecule has 4 heteroatoms. The van der Waals surface area contributed by atoms with Crippen molar-refractivity contribution in [3.05, 3.63) is 35.9 Å². The molecule has 1 fully saturated rings. The smallest absolute Gasteiger partial charge is 0.0724 e. The van der Waals surface area contributed by atoms with Crippen LogP contribution in [0.3, 0.4) is 0 Å². The Bertz CT molecular complexity index is 637. The zero-order valence-electron chi connectivity index (χ0n) is 12.5. The maximum Gasteiger partial charge on any atom is 0.0724 e. The number of hydrogen-bond donors (Lipinski definition) is 0. The van der Waals surface area contributed by atoms with Crippen LogP contribution in [0.25, 0.3) is 0 Å². The minimum Gasteiger partial charge on any atom is -0.271 e. The molecule has 0 N–H and O–H groups in total. The molecule has 2 aromatic heterocycles. The van der Waals surface area contributed by atoms with Gasteiger partial charge in [0.1, 0.15) is 0 Å². The van der Waals surface area contributed by atoms with Crippen molar-refractivity contribution in [2.24, 2.45) is 5.41 Å². The molecule has 2 atom stereocenters. The lowest BCUT2D eigenvalue weighted by Crippen LogP contribution is -2.32. The molecule has 0 radical (unpaired) electrons. The minimum absolute atomic E-state index is 0.268. The zero-order chi connectivity index (χ0) is 14.0. The normalized spacial score (nSPS) is 29.9. The standard InChI is InChI=1S/C16H22N4/c1-15(2)13-5-6-16(15,3)14-12(13)11-20(18-14)10-9-19-8-4-7-17-19/h4,7-8,11,13H,5-6,9-10H2,1-3H3/t13-,16+/m0/s1. The number of aromatic nitrogens is 4. The second-order valence-corrected chi connectivity index (χ2v) is 7.11. The quantitative estimate of drug-likeness (QED) is 0.859. The molecule has 0 amide bonds. The predicted molar refractivity (Wildman–Crippen MR) is 77.6 cm³/mol. The van der Waals surface area contributed by atoms with E-state index >= 15 is 0 Å². The first kappa shape index (κ1) is 12.2. The summed E-state index contributed by atoms with van der Waals surface area (Å²) in [6.07, 6.45) is 8.73. The largest absolute Gasteiger partial charge is 0.271 e. The Kier molecular flexibility index (Phi) is 2.28. The fraction of sp³-hybridized carbons (Fsp3) is 0.625. The van der Waals surface area contributed by atoms with Crippen LogP contribution >= 0.6 is 0 Å². The van der Waals surface area contributed by atoms with Crippen molar-refractivity contribution >= 4 is 0 Å². The van der Waals surface area contributed by atoms with E-state index in [1.807, 2.05) is 23.1 Å². The van der Waals surface area contributed by atoms with E-state index in [1.54, 1.807) is 0 Å². The monoisotopic (exact) mass is 270 g/mol. The van der Waals surface area contributed by atoms with Gasteiger partial charge in [-0.05, 0) is 35.8 Å². The lowest BCUT2D eigenvalue weighted by molar-refractivity contribution is 0.223. The van der Waals surface area contributed by atoms with E-state index in [-0.39, 0.29) is 5.41 Å². The maximum atomic E-state index is 4.92. The van der Waals surface area contributed by atoms with E-state index in [2.05, 4.69) is 36.7 Å². The van der Waals surface area contributed by atoms with Gasteiger partial charge in [-0.3, -0.25) is 9.36 Å². The minimum atomic E-state index is 0.268. The van der Waals surface area contributed by atoms with Gasteiger partial charge in [-0.1, -0.05) is 20.8 Å². The maximum absolute atomic E-state index is 4.92. The Morgan fingerprint density at radius 2 is 2.05 bits per heavy atom. The highest BCUT2D eigenvalue weighted by Gasteiger charge is 2.61. The third-order valence-corrected chi connectivity index (χ3v) is 6.03. The van der Waals surface area contributed by atoms with Crippen LogP contribution < -0.4 is 0 Å². The number of fused-ring (bicyclic) bond motifs is 5. The lowest BCUT2D eigenvalue weighted by atomic mass is 9.70. The highest BCUT2D eigenvalue weighted by molar-refractivity contribution is 5.44. The molecule has 4 nitrogen and oxygen atoms in total. The summed E-state index contributed by atoms with van der Waals surface area (Å²) >= 11 is 0. The van der Waals surface area contributed by atoms with Crippen LogP contribution in [0.5, 0.6) is 0 Å². The third kappa shape index (κ3) is 1.37. The summed E-state index contributed by atoms with van der Waals surface area (Å²) in [5, 5.41) is 9.17. The summed E-state index contributed by atoms with van der Waals surface area (Å²) in [4.78, 5) is 0. The van der Waals surface area contributed by atoms with Crippen molar-refractivity contribution in [2.45, 2.75) is 58.0 Å². The summed E-state index contributed by atoms with van der Waals surface area (Å²) in [6, 6.07) is 1.97. The zero-order valence-corrected chi connectivity index (χ0v) is 12.5. The van der Waals surface area contributed by atoms with Crippen LogP contribution in [0.15, 0.2) is 24.7 Å². The number of hydrogen-bond acceptors (Lipinski definition) is 2. The Balaban J connectivity index is 1.61. The van der Waals surface area contributed by atoms with Crippen LogP contribution in [0.1, 0.15) is 50.8 Å². The lowest BCUT2D eigenvalue weighted by Gasteiger charge is -2.34. The second kappa shape index (κ2) is 3.74. The average molecular weight is 270 g/mol. The highest BCUT2D eigenvalue weighted by Crippen LogP contribution is 2.67. The Morgan fingerprint density at radius 1 is 1.25 bits per heavy atom. The molecule has 1 saturated carbocycles. The number of aryl methyl sites for hydroxylation is 2. The van der Waals surface area contributed by atoms with E-state index in [4.69, 9.17) is 5.10 Å². The van der Waals surface area contributed by atoms with Gasteiger partial charge >= 0.3 is 0 Å². The molecule has 0 saturated heterocycles. The van der Waals surface area contributed by atoms with E-state index in [1.165, 1.54) is 24.1 Å². The van der Waals surface area contributed by atoms with E-state index in [0.717, 1.165) is 13.1 Å². The molecule has 2 bridgehead atoms. The summed E-state index contributed by atoms with van der Waals surface area (Å²) in [5.41, 5.74) is 3.50. The Morgan fingerprint density at radius 3 is 2.75 bits per heavy atom. The van der Waals surface area contributed by atoms with Crippen molar-refractivity contribution in [1.29, 1.82) is 0 Å². The summed E-state index contributed by atoms with van der Waals surface area (Å²) in [5.74, 6) is 0.695.